The lowest BCUT2D eigenvalue weighted by Crippen LogP contribution is -2.50. The summed E-state index contributed by atoms with van der Waals surface area (Å²) in [5, 5.41) is 0.577. The van der Waals surface area contributed by atoms with Crippen LogP contribution < -0.4 is 19.8 Å². The number of hydrogen-bond acceptors (Lipinski definition) is 7. The van der Waals surface area contributed by atoms with Gasteiger partial charge in [-0.15, -0.1) is 0 Å². The number of nitrogens with one attached hydrogen (secondary N) is 2. The minimum atomic E-state index is -4.02. The van der Waals surface area contributed by atoms with Crippen molar-refractivity contribution in [1.82, 2.24) is 9.71 Å². The van der Waals surface area contributed by atoms with E-state index in [0.29, 0.717) is 10.9 Å². The van der Waals surface area contributed by atoms with Crippen molar-refractivity contribution in [3.63, 3.8) is 0 Å². The molecule has 192 valence electrons. The third-order valence-corrected chi connectivity index (χ3v) is 6.98. The summed E-state index contributed by atoms with van der Waals surface area (Å²) in [7, 11) is -4.02. The Balaban J connectivity index is 1.41. The molecular weight excluding hydrogens is 508 g/mol. The second kappa shape index (κ2) is 9.88. The number of benzene rings is 2. The Labute approximate surface area is 210 Å². The van der Waals surface area contributed by atoms with E-state index in [2.05, 4.69) is 14.4 Å². The minimum Gasteiger partial charge on any atom is -0.436 e. The van der Waals surface area contributed by atoms with Gasteiger partial charge in [0.25, 0.3) is 16.1 Å². The first-order chi connectivity index (χ1) is 17.7. The number of rotatable bonds is 8. The van der Waals surface area contributed by atoms with Gasteiger partial charge in [0.15, 0.2) is 11.6 Å². The van der Waals surface area contributed by atoms with Crippen molar-refractivity contribution in [1.29, 1.82) is 0 Å². The summed E-state index contributed by atoms with van der Waals surface area (Å²) in [6, 6.07) is 11.2. The van der Waals surface area contributed by atoms with Gasteiger partial charge in [-0.05, 0) is 48.4 Å². The van der Waals surface area contributed by atoms with Crippen molar-refractivity contribution < 1.29 is 31.1 Å². The fourth-order valence-electron chi connectivity index (χ4n) is 3.88. The summed E-state index contributed by atoms with van der Waals surface area (Å²) in [5.74, 6) is -1.46. The van der Waals surface area contributed by atoms with Crippen molar-refractivity contribution in [3.8, 4) is 11.6 Å². The van der Waals surface area contributed by atoms with E-state index in [0.717, 1.165) is 0 Å². The molecule has 0 aliphatic carbocycles. The molecule has 5 rings (SSSR count). The number of ether oxygens (including phenoxy) is 2. The highest BCUT2D eigenvalue weighted by molar-refractivity contribution is 7.90. The number of halogens is 2. The second-order valence-electron chi connectivity index (χ2n) is 8.46. The second-order valence-corrected chi connectivity index (χ2v) is 9.90. The van der Waals surface area contributed by atoms with Crippen LogP contribution in [0, 0.1) is 18.6 Å². The number of anilines is 1. The molecule has 2 aromatic heterocycles. The van der Waals surface area contributed by atoms with Gasteiger partial charge in [-0.1, -0.05) is 12.1 Å². The number of aromatic nitrogens is 1. The van der Waals surface area contributed by atoms with Gasteiger partial charge < -0.3 is 13.9 Å². The van der Waals surface area contributed by atoms with Crippen LogP contribution in [0.3, 0.4) is 0 Å². The van der Waals surface area contributed by atoms with Gasteiger partial charge in [0.2, 0.25) is 0 Å². The summed E-state index contributed by atoms with van der Waals surface area (Å²) in [6.07, 6.45) is 1.25. The van der Waals surface area contributed by atoms with E-state index in [1.165, 1.54) is 42.6 Å². The van der Waals surface area contributed by atoms with Crippen LogP contribution in [0.2, 0.25) is 0 Å². The molecule has 0 bridgehead atoms. The van der Waals surface area contributed by atoms with E-state index in [1.807, 2.05) is 0 Å². The molecule has 2 N–H and O–H groups in total. The molecule has 37 heavy (non-hydrogen) atoms. The SMILES string of the molecule is Cc1c(Cc2cccc(NS(=O)(=O)NC3COC3)c2F)c(=O)oc2cc(Oc3ncccc3F)ccc12. The van der Waals surface area contributed by atoms with Crippen LogP contribution in [-0.2, 0) is 21.4 Å². The first-order valence-electron chi connectivity index (χ1n) is 11.2. The molecule has 1 aliphatic heterocycles. The Bertz CT molecular complexity index is 1650. The molecule has 9 nitrogen and oxygen atoms in total. The molecule has 1 fully saturated rings. The highest BCUT2D eigenvalue weighted by Crippen LogP contribution is 2.29. The normalized spacial score (nSPS) is 13.9. The Morgan fingerprint density at radius 2 is 1.95 bits per heavy atom. The maximum absolute atomic E-state index is 15.2. The van der Waals surface area contributed by atoms with Crippen LogP contribution in [0.25, 0.3) is 11.0 Å². The quantitative estimate of drug-likeness (QED) is 0.333. The minimum absolute atomic E-state index is 0.104. The molecule has 0 spiro atoms. The average molecular weight is 530 g/mol. The Hall–Kier alpha value is -3.87. The largest absolute Gasteiger partial charge is 0.436 e. The summed E-state index contributed by atoms with van der Waals surface area (Å²) in [5.41, 5.74) is 0.125. The summed E-state index contributed by atoms with van der Waals surface area (Å²) in [4.78, 5) is 16.7. The number of hydrogen-bond donors (Lipinski definition) is 2. The number of aryl methyl sites for hydroxylation is 1. The van der Waals surface area contributed by atoms with Gasteiger partial charge in [-0.2, -0.15) is 13.1 Å². The van der Waals surface area contributed by atoms with Gasteiger partial charge in [0, 0.05) is 29.6 Å². The predicted octanol–water partition coefficient (Wildman–Crippen LogP) is 3.80. The molecule has 0 atom stereocenters. The van der Waals surface area contributed by atoms with E-state index in [-0.39, 0.29) is 59.7 Å². The zero-order chi connectivity index (χ0) is 26.2. The van der Waals surface area contributed by atoms with Crippen molar-refractivity contribution in [2.75, 3.05) is 17.9 Å². The third-order valence-electron chi connectivity index (χ3n) is 5.85. The molecular formula is C25H21F2N3O6S. The fourth-order valence-corrected chi connectivity index (χ4v) is 4.96. The van der Waals surface area contributed by atoms with E-state index >= 15 is 4.39 Å². The molecule has 1 saturated heterocycles. The standard InChI is InChI=1S/C25H21F2N3O6S/c1-14-18-8-7-17(35-24-20(26)5-3-9-28-24)11-22(18)36-25(31)19(14)10-15-4-2-6-21(23(15)27)30-37(32,33)29-16-12-34-13-16/h2-9,11,16,29-30H,10,12-13H2,1H3. The molecule has 0 radical (unpaired) electrons. The lowest BCUT2D eigenvalue weighted by Gasteiger charge is -2.26. The van der Waals surface area contributed by atoms with Crippen molar-refractivity contribution >= 4 is 26.9 Å². The van der Waals surface area contributed by atoms with Crippen molar-refractivity contribution in [2.24, 2.45) is 0 Å². The Morgan fingerprint density at radius 3 is 2.68 bits per heavy atom. The van der Waals surface area contributed by atoms with E-state index < -0.39 is 27.5 Å². The van der Waals surface area contributed by atoms with Gasteiger partial charge in [-0.25, -0.2) is 18.6 Å². The lowest BCUT2D eigenvalue weighted by molar-refractivity contribution is 0.00489. The van der Waals surface area contributed by atoms with Gasteiger partial charge >= 0.3 is 5.63 Å². The van der Waals surface area contributed by atoms with Crippen molar-refractivity contribution in [2.45, 2.75) is 19.4 Å². The lowest BCUT2D eigenvalue weighted by atomic mass is 9.99. The first-order valence-corrected chi connectivity index (χ1v) is 12.7. The van der Waals surface area contributed by atoms with Crippen LogP contribution >= 0.6 is 0 Å². The first kappa shape index (κ1) is 24.8. The van der Waals surface area contributed by atoms with Crippen LogP contribution in [0.4, 0.5) is 14.5 Å². The smallest absolute Gasteiger partial charge is 0.340 e. The topological polar surface area (TPSA) is 120 Å². The van der Waals surface area contributed by atoms with Gasteiger partial charge in [-0.3, -0.25) is 4.72 Å². The van der Waals surface area contributed by atoms with Gasteiger partial charge in [0.1, 0.15) is 11.3 Å². The molecule has 1 aliphatic rings. The zero-order valence-electron chi connectivity index (χ0n) is 19.5. The highest BCUT2D eigenvalue weighted by Gasteiger charge is 2.25. The Kier molecular flexibility index (Phi) is 6.63. The van der Waals surface area contributed by atoms with Crippen molar-refractivity contribution in [3.05, 3.63) is 93.5 Å². The maximum Gasteiger partial charge on any atom is 0.340 e. The summed E-state index contributed by atoms with van der Waals surface area (Å²) in [6.45, 7) is 2.19. The van der Waals surface area contributed by atoms with E-state index in [1.54, 1.807) is 19.1 Å². The molecule has 0 unspecified atom stereocenters. The van der Waals surface area contributed by atoms with Crippen LogP contribution in [0.15, 0.2) is 63.9 Å². The molecule has 3 heterocycles. The molecule has 2 aromatic carbocycles. The third kappa shape index (κ3) is 5.31. The van der Waals surface area contributed by atoms with E-state index in [9.17, 15) is 17.6 Å². The molecule has 12 heteroatoms. The highest BCUT2D eigenvalue weighted by atomic mass is 32.2. The summed E-state index contributed by atoms with van der Waals surface area (Å²) < 4.78 is 74.1. The number of nitrogens with zero attached hydrogens (tertiary/aromatic N) is 1. The molecule has 0 saturated carbocycles. The molecule has 0 amide bonds. The van der Waals surface area contributed by atoms with Gasteiger partial charge in [0.05, 0.1) is 24.9 Å². The summed E-state index contributed by atoms with van der Waals surface area (Å²) >= 11 is 0. The predicted molar refractivity (Wildman–Crippen MR) is 131 cm³/mol. The molecule has 4 aromatic rings. The number of pyridine rings is 1. The van der Waals surface area contributed by atoms with Crippen LogP contribution in [0.5, 0.6) is 11.6 Å². The number of fused-ring (bicyclic) bond motifs is 1. The average Bonchev–Trinajstić information content (AvgIpc) is 2.83. The zero-order valence-corrected chi connectivity index (χ0v) is 20.3. The Morgan fingerprint density at radius 1 is 1.14 bits per heavy atom. The van der Waals surface area contributed by atoms with Crippen LogP contribution in [0.1, 0.15) is 16.7 Å². The van der Waals surface area contributed by atoms with Crippen LogP contribution in [-0.4, -0.2) is 32.7 Å². The monoisotopic (exact) mass is 529 g/mol. The fraction of sp³-hybridized carbons (Fsp3) is 0.200. The maximum atomic E-state index is 15.2. The van der Waals surface area contributed by atoms with E-state index in [4.69, 9.17) is 13.9 Å².